The molecule has 0 unspecified atom stereocenters. The molecule has 0 amide bonds. The molecule has 1 heterocycles. The summed E-state index contributed by atoms with van der Waals surface area (Å²) in [6.45, 7) is 9.26. The van der Waals surface area contributed by atoms with E-state index in [2.05, 4.69) is 24.1 Å². The highest BCUT2D eigenvalue weighted by molar-refractivity contribution is 5.85. The molecule has 0 aliphatic carbocycles. The molecule has 1 rings (SSSR count). The second-order valence-electron chi connectivity index (χ2n) is 2.75. The zero-order chi connectivity index (χ0) is 6.69. The number of nitrogens with zero attached hydrogens (tertiary/aromatic N) is 1. The summed E-state index contributed by atoms with van der Waals surface area (Å²) in [7, 11) is 0. The third-order valence-corrected chi connectivity index (χ3v) is 1.90. The van der Waals surface area contributed by atoms with Gasteiger partial charge >= 0.3 is 0 Å². The van der Waals surface area contributed by atoms with Crippen LogP contribution in [0.1, 0.15) is 13.8 Å². The van der Waals surface area contributed by atoms with Crippen molar-refractivity contribution in [1.82, 2.24) is 10.2 Å². The van der Waals surface area contributed by atoms with Crippen molar-refractivity contribution >= 4 is 24.8 Å². The van der Waals surface area contributed by atoms with Gasteiger partial charge in [-0.25, -0.2) is 0 Å². The van der Waals surface area contributed by atoms with Crippen LogP contribution in [-0.4, -0.2) is 37.1 Å². The first kappa shape index (κ1) is 14.0. The van der Waals surface area contributed by atoms with E-state index in [1.807, 2.05) is 0 Å². The highest BCUT2D eigenvalue weighted by Gasteiger charge is 2.12. The van der Waals surface area contributed by atoms with Crippen LogP contribution in [0.25, 0.3) is 0 Å². The number of hydrogen-bond donors (Lipinski definition) is 1. The zero-order valence-electron chi connectivity index (χ0n) is 7.17. The van der Waals surface area contributed by atoms with Crippen LogP contribution in [0.2, 0.25) is 0 Å². The Labute approximate surface area is 81.5 Å². The van der Waals surface area contributed by atoms with Gasteiger partial charge in [0.25, 0.3) is 0 Å². The van der Waals surface area contributed by atoms with Crippen LogP contribution in [0.3, 0.4) is 0 Å². The van der Waals surface area contributed by atoms with Crippen molar-refractivity contribution in [1.29, 1.82) is 0 Å². The molecule has 1 aliphatic rings. The fourth-order valence-electron chi connectivity index (χ4n) is 1.30. The third-order valence-electron chi connectivity index (χ3n) is 1.90. The molecule has 70 valence electrons. The smallest absolute Gasteiger partial charge is 0.0167 e. The Bertz CT molecular complexity index is 90.5. The normalized spacial score (nSPS) is 25.1. The maximum atomic E-state index is 3.40. The van der Waals surface area contributed by atoms with Crippen LogP contribution in [0.5, 0.6) is 0 Å². The van der Waals surface area contributed by atoms with Crippen LogP contribution < -0.4 is 5.32 Å². The summed E-state index contributed by atoms with van der Waals surface area (Å²) in [6.07, 6.45) is 0. The average molecular weight is 201 g/mol. The van der Waals surface area contributed by atoms with Crippen molar-refractivity contribution in [2.45, 2.75) is 19.9 Å². The second kappa shape index (κ2) is 7.17. The highest BCUT2D eigenvalue weighted by Crippen LogP contribution is 1.95. The Balaban J connectivity index is 0. The van der Waals surface area contributed by atoms with E-state index in [1.165, 1.54) is 19.6 Å². The summed E-state index contributed by atoms with van der Waals surface area (Å²) in [5.74, 6) is 0. The molecule has 4 heteroatoms. The average Bonchev–Trinajstić information content (AvgIpc) is 1.88. The van der Waals surface area contributed by atoms with E-state index in [0.717, 1.165) is 6.54 Å². The highest BCUT2D eigenvalue weighted by atomic mass is 35.5. The number of halogens is 2. The lowest BCUT2D eigenvalue weighted by molar-refractivity contribution is 0.217. The summed E-state index contributed by atoms with van der Waals surface area (Å²) in [5, 5.41) is 3.40. The number of hydrogen-bond acceptors (Lipinski definition) is 2. The van der Waals surface area contributed by atoms with Crippen LogP contribution >= 0.6 is 24.8 Å². The van der Waals surface area contributed by atoms with Gasteiger partial charge in [-0.15, -0.1) is 24.8 Å². The van der Waals surface area contributed by atoms with E-state index in [9.17, 15) is 0 Å². The number of nitrogens with one attached hydrogen (secondary N) is 1. The monoisotopic (exact) mass is 200 g/mol. The molecule has 1 fully saturated rings. The first-order valence-electron chi connectivity index (χ1n) is 3.78. The fraction of sp³-hybridized carbons (Fsp3) is 1.00. The molecule has 2 nitrogen and oxygen atoms in total. The molecule has 1 N–H and O–H groups in total. The van der Waals surface area contributed by atoms with Gasteiger partial charge in [-0.1, -0.05) is 6.92 Å². The summed E-state index contributed by atoms with van der Waals surface area (Å²) in [5.41, 5.74) is 0. The van der Waals surface area contributed by atoms with E-state index in [4.69, 9.17) is 0 Å². The van der Waals surface area contributed by atoms with Gasteiger partial charge in [0.1, 0.15) is 0 Å². The molecule has 0 aromatic carbocycles. The van der Waals surface area contributed by atoms with Crippen LogP contribution in [0, 0.1) is 0 Å². The minimum absolute atomic E-state index is 0. The van der Waals surface area contributed by atoms with Gasteiger partial charge in [0, 0.05) is 25.7 Å². The van der Waals surface area contributed by atoms with Gasteiger partial charge in [0.15, 0.2) is 0 Å². The predicted molar refractivity (Wildman–Crippen MR) is 54.1 cm³/mol. The minimum atomic E-state index is 0. The van der Waals surface area contributed by atoms with Gasteiger partial charge in [-0.05, 0) is 13.5 Å². The molecule has 0 spiro atoms. The lowest BCUT2D eigenvalue weighted by Crippen LogP contribution is -2.48. The van der Waals surface area contributed by atoms with E-state index in [1.54, 1.807) is 0 Å². The molecule has 1 aliphatic heterocycles. The maximum absolute atomic E-state index is 3.40. The van der Waals surface area contributed by atoms with Crippen molar-refractivity contribution < 1.29 is 0 Å². The lowest BCUT2D eigenvalue weighted by Gasteiger charge is -2.30. The SMILES string of the molecule is CCN1CCN[C@@H](C)C1.Cl.Cl. The van der Waals surface area contributed by atoms with Gasteiger partial charge in [-0.3, -0.25) is 0 Å². The topological polar surface area (TPSA) is 15.3 Å². The van der Waals surface area contributed by atoms with Crippen LogP contribution in [-0.2, 0) is 0 Å². The summed E-state index contributed by atoms with van der Waals surface area (Å²) >= 11 is 0. The van der Waals surface area contributed by atoms with Gasteiger partial charge in [0.05, 0.1) is 0 Å². The lowest BCUT2D eigenvalue weighted by atomic mass is 10.2. The quantitative estimate of drug-likeness (QED) is 0.684. The van der Waals surface area contributed by atoms with Crippen molar-refractivity contribution in [2.75, 3.05) is 26.2 Å². The zero-order valence-corrected chi connectivity index (χ0v) is 8.80. The maximum Gasteiger partial charge on any atom is 0.0167 e. The largest absolute Gasteiger partial charge is 0.312 e. The van der Waals surface area contributed by atoms with Crippen molar-refractivity contribution in [3.05, 3.63) is 0 Å². The van der Waals surface area contributed by atoms with Gasteiger partial charge < -0.3 is 10.2 Å². The second-order valence-corrected chi connectivity index (χ2v) is 2.75. The standard InChI is InChI=1S/C7H16N2.2ClH/c1-3-9-5-4-8-7(2)6-9;;/h7-8H,3-6H2,1-2H3;2*1H/t7-;;/m0../s1. The molecule has 0 bridgehead atoms. The minimum Gasteiger partial charge on any atom is -0.312 e. The van der Waals surface area contributed by atoms with E-state index in [-0.39, 0.29) is 24.8 Å². The molecule has 1 atom stereocenters. The predicted octanol–water partition coefficient (Wildman–Crippen LogP) is 1.14. The van der Waals surface area contributed by atoms with Crippen LogP contribution in [0.4, 0.5) is 0 Å². The summed E-state index contributed by atoms with van der Waals surface area (Å²) < 4.78 is 0. The molecule has 0 aromatic rings. The van der Waals surface area contributed by atoms with Gasteiger partial charge in [0.2, 0.25) is 0 Å². The van der Waals surface area contributed by atoms with Crippen molar-refractivity contribution in [2.24, 2.45) is 0 Å². The molecule has 1 saturated heterocycles. The molecular weight excluding hydrogens is 183 g/mol. The van der Waals surface area contributed by atoms with E-state index in [0.29, 0.717) is 6.04 Å². The third kappa shape index (κ3) is 4.86. The summed E-state index contributed by atoms with van der Waals surface area (Å²) in [6, 6.07) is 0.693. The molecule has 0 saturated carbocycles. The fourth-order valence-corrected chi connectivity index (χ4v) is 1.30. The number of piperazine rings is 1. The Morgan fingerprint density at radius 1 is 1.45 bits per heavy atom. The number of likely N-dealkylation sites (N-methyl/N-ethyl adjacent to an activating group) is 1. The van der Waals surface area contributed by atoms with Gasteiger partial charge in [-0.2, -0.15) is 0 Å². The molecule has 11 heavy (non-hydrogen) atoms. The van der Waals surface area contributed by atoms with E-state index >= 15 is 0 Å². The molecular formula is C7H18Cl2N2. The van der Waals surface area contributed by atoms with Crippen molar-refractivity contribution in [3.63, 3.8) is 0 Å². The first-order chi connectivity index (χ1) is 4.33. The summed E-state index contributed by atoms with van der Waals surface area (Å²) in [4.78, 5) is 2.47. The van der Waals surface area contributed by atoms with Crippen LogP contribution in [0.15, 0.2) is 0 Å². The Morgan fingerprint density at radius 2 is 2.09 bits per heavy atom. The van der Waals surface area contributed by atoms with E-state index < -0.39 is 0 Å². The van der Waals surface area contributed by atoms with Crippen molar-refractivity contribution in [3.8, 4) is 0 Å². The number of rotatable bonds is 1. The Kier molecular flexibility index (Phi) is 9.15. The Morgan fingerprint density at radius 3 is 2.45 bits per heavy atom. The molecule has 0 radical (unpaired) electrons. The molecule has 0 aromatic heterocycles. The first-order valence-corrected chi connectivity index (χ1v) is 3.78. The Hall–Kier alpha value is 0.500.